The van der Waals surface area contributed by atoms with Crippen LogP contribution in [0.25, 0.3) is 11.0 Å². The standard InChI is InChI=1S/C21H23N5O4/c1-13-7-8-15(10-26(13)21(29)30-11-14-5-3-2-4-6-14)25-19-17-16(20(27)28)9-22-18(17)23-12-24-19/h2-6,9,12-13,15H,7-8,10-11H2,1H3,(H,27,28)(H2,22,23,24,25)/t13-,15+/m0/s1. The number of nitrogens with zero attached hydrogens (tertiary/aromatic N) is 3. The first-order chi connectivity index (χ1) is 14.5. The number of H-pyrrole nitrogens is 1. The lowest BCUT2D eigenvalue weighted by Crippen LogP contribution is -2.49. The van der Waals surface area contributed by atoms with Gasteiger partial charge in [-0.25, -0.2) is 19.6 Å². The molecule has 30 heavy (non-hydrogen) atoms. The molecule has 1 saturated heterocycles. The molecular formula is C21H23N5O4. The van der Waals surface area contributed by atoms with E-state index in [2.05, 4.69) is 20.3 Å². The molecule has 0 saturated carbocycles. The van der Waals surface area contributed by atoms with E-state index in [4.69, 9.17) is 4.74 Å². The van der Waals surface area contributed by atoms with Gasteiger partial charge in [0.2, 0.25) is 0 Å². The molecule has 3 heterocycles. The number of anilines is 1. The van der Waals surface area contributed by atoms with Gasteiger partial charge in [-0.3, -0.25) is 0 Å². The van der Waals surface area contributed by atoms with Crippen LogP contribution < -0.4 is 5.32 Å². The highest BCUT2D eigenvalue weighted by atomic mass is 16.6. The second kappa shape index (κ2) is 8.40. The van der Waals surface area contributed by atoms with Gasteiger partial charge < -0.3 is 25.0 Å². The number of ether oxygens (including phenoxy) is 1. The molecule has 3 N–H and O–H groups in total. The van der Waals surface area contributed by atoms with E-state index < -0.39 is 5.97 Å². The summed E-state index contributed by atoms with van der Waals surface area (Å²) in [5.74, 6) is -0.613. The van der Waals surface area contributed by atoms with Gasteiger partial charge in [0.05, 0.1) is 10.9 Å². The lowest BCUT2D eigenvalue weighted by molar-refractivity contribution is 0.0690. The molecule has 0 radical (unpaired) electrons. The van der Waals surface area contributed by atoms with Crippen molar-refractivity contribution in [2.75, 3.05) is 11.9 Å². The molecule has 1 aliphatic heterocycles. The van der Waals surface area contributed by atoms with Crippen molar-refractivity contribution in [1.29, 1.82) is 0 Å². The highest BCUT2D eigenvalue weighted by molar-refractivity contribution is 6.06. The Morgan fingerprint density at radius 3 is 2.83 bits per heavy atom. The van der Waals surface area contributed by atoms with Gasteiger partial charge >= 0.3 is 12.1 Å². The number of benzene rings is 1. The van der Waals surface area contributed by atoms with E-state index in [0.717, 1.165) is 18.4 Å². The third-order valence-corrected chi connectivity index (χ3v) is 5.36. The van der Waals surface area contributed by atoms with Gasteiger partial charge in [0.1, 0.15) is 24.4 Å². The highest BCUT2D eigenvalue weighted by Gasteiger charge is 2.31. The summed E-state index contributed by atoms with van der Waals surface area (Å²) in [4.78, 5) is 37.1. The summed E-state index contributed by atoms with van der Waals surface area (Å²) in [7, 11) is 0. The Hall–Kier alpha value is -3.62. The molecule has 1 amide bonds. The number of piperidine rings is 1. The number of hydrogen-bond acceptors (Lipinski definition) is 6. The lowest BCUT2D eigenvalue weighted by atomic mass is 9.99. The fraction of sp³-hybridized carbons (Fsp3) is 0.333. The summed E-state index contributed by atoms with van der Waals surface area (Å²) in [5.41, 5.74) is 1.49. The van der Waals surface area contributed by atoms with Crippen molar-refractivity contribution in [3.63, 3.8) is 0 Å². The first kappa shape index (κ1) is 19.7. The smallest absolute Gasteiger partial charge is 0.410 e. The number of fused-ring (bicyclic) bond motifs is 1. The maximum Gasteiger partial charge on any atom is 0.410 e. The number of carboxylic acid groups (broad SMARTS) is 1. The van der Waals surface area contributed by atoms with E-state index in [9.17, 15) is 14.7 Å². The lowest BCUT2D eigenvalue weighted by Gasteiger charge is -2.37. The number of hydrogen-bond donors (Lipinski definition) is 3. The molecule has 0 unspecified atom stereocenters. The molecule has 3 aromatic rings. The minimum atomic E-state index is -1.05. The predicted octanol–water partition coefficient (Wildman–Crippen LogP) is 3.26. The van der Waals surface area contributed by atoms with Gasteiger partial charge in [0, 0.05) is 24.8 Å². The van der Waals surface area contributed by atoms with Crippen molar-refractivity contribution in [2.45, 2.75) is 38.5 Å². The Kier molecular flexibility index (Phi) is 5.51. The molecule has 1 fully saturated rings. The van der Waals surface area contributed by atoms with Crippen molar-refractivity contribution in [3.8, 4) is 0 Å². The Balaban J connectivity index is 1.46. The number of aromatic amines is 1. The predicted molar refractivity (Wildman–Crippen MR) is 110 cm³/mol. The third kappa shape index (κ3) is 4.05. The molecule has 9 nitrogen and oxygen atoms in total. The number of carboxylic acids is 1. The minimum absolute atomic E-state index is 0.0542. The molecule has 2 atom stereocenters. The van der Waals surface area contributed by atoms with Gasteiger partial charge in [-0.1, -0.05) is 30.3 Å². The number of carbonyl (C=O) groups excluding carboxylic acids is 1. The summed E-state index contributed by atoms with van der Waals surface area (Å²) in [6, 6.07) is 9.52. The highest BCUT2D eigenvalue weighted by Crippen LogP contribution is 2.26. The number of rotatable bonds is 5. The fourth-order valence-electron chi connectivity index (χ4n) is 3.72. The van der Waals surface area contributed by atoms with Gasteiger partial charge in [-0.05, 0) is 25.3 Å². The van der Waals surface area contributed by atoms with Crippen LogP contribution in [0.1, 0.15) is 35.7 Å². The number of amides is 1. The van der Waals surface area contributed by atoms with Crippen LogP contribution in [0.4, 0.5) is 10.6 Å². The Bertz CT molecular complexity index is 1050. The molecule has 1 aromatic carbocycles. The van der Waals surface area contributed by atoms with Crippen molar-refractivity contribution < 1.29 is 19.4 Å². The number of likely N-dealkylation sites (tertiary alicyclic amines) is 1. The van der Waals surface area contributed by atoms with Crippen LogP contribution in [0.3, 0.4) is 0 Å². The SMILES string of the molecule is C[C@H]1CC[C@@H](Nc2ncnc3[nH]cc(C(=O)O)c23)CN1C(=O)OCc1ccccc1. The second-order valence-corrected chi connectivity index (χ2v) is 7.41. The summed E-state index contributed by atoms with van der Waals surface area (Å²) in [5, 5.41) is 13.2. The second-order valence-electron chi connectivity index (χ2n) is 7.41. The molecular weight excluding hydrogens is 386 g/mol. The maximum atomic E-state index is 12.7. The van der Waals surface area contributed by atoms with E-state index in [1.54, 1.807) is 4.90 Å². The summed E-state index contributed by atoms with van der Waals surface area (Å²) < 4.78 is 5.50. The fourth-order valence-corrected chi connectivity index (χ4v) is 3.72. The molecule has 2 aromatic heterocycles. The number of aromatic nitrogens is 3. The average molecular weight is 409 g/mol. The first-order valence-electron chi connectivity index (χ1n) is 9.82. The average Bonchev–Trinajstić information content (AvgIpc) is 3.20. The maximum absolute atomic E-state index is 12.7. The third-order valence-electron chi connectivity index (χ3n) is 5.36. The normalized spacial score (nSPS) is 18.9. The molecule has 4 rings (SSSR count). The minimum Gasteiger partial charge on any atom is -0.478 e. The number of nitrogens with one attached hydrogen (secondary N) is 2. The van der Waals surface area contributed by atoms with Gasteiger partial charge in [0.25, 0.3) is 0 Å². The zero-order chi connectivity index (χ0) is 21.1. The zero-order valence-electron chi connectivity index (χ0n) is 16.5. The van der Waals surface area contributed by atoms with Crippen LogP contribution in [0, 0.1) is 0 Å². The first-order valence-corrected chi connectivity index (χ1v) is 9.82. The topological polar surface area (TPSA) is 120 Å². The van der Waals surface area contributed by atoms with E-state index in [1.165, 1.54) is 12.5 Å². The molecule has 0 spiro atoms. The Morgan fingerprint density at radius 2 is 2.07 bits per heavy atom. The van der Waals surface area contributed by atoms with Crippen LogP contribution in [0.2, 0.25) is 0 Å². The van der Waals surface area contributed by atoms with Crippen LogP contribution in [0.15, 0.2) is 42.9 Å². The number of aromatic carboxylic acids is 1. The van der Waals surface area contributed by atoms with Gasteiger partial charge in [-0.15, -0.1) is 0 Å². The molecule has 0 aliphatic carbocycles. The summed E-state index contributed by atoms with van der Waals surface area (Å²) in [6.07, 6.45) is 4.04. The number of carbonyl (C=O) groups is 2. The van der Waals surface area contributed by atoms with Crippen LogP contribution in [-0.4, -0.2) is 55.6 Å². The molecule has 9 heteroatoms. The Morgan fingerprint density at radius 1 is 1.27 bits per heavy atom. The summed E-state index contributed by atoms with van der Waals surface area (Å²) in [6.45, 7) is 2.66. The van der Waals surface area contributed by atoms with Crippen LogP contribution >= 0.6 is 0 Å². The quantitative estimate of drug-likeness (QED) is 0.591. The van der Waals surface area contributed by atoms with Crippen molar-refractivity contribution >= 4 is 28.9 Å². The van der Waals surface area contributed by atoms with Gasteiger partial charge in [-0.2, -0.15) is 0 Å². The van der Waals surface area contributed by atoms with E-state index >= 15 is 0 Å². The van der Waals surface area contributed by atoms with Crippen molar-refractivity contribution in [3.05, 3.63) is 54.0 Å². The summed E-state index contributed by atoms with van der Waals surface area (Å²) >= 11 is 0. The van der Waals surface area contributed by atoms with E-state index in [-0.39, 0.29) is 30.3 Å². The van der Waals surface area contributed by atoms with E-state index in [1.807, 2.05) is 37.3 Å². The van der Waals surface area contributed by atoms with Crippen LogP contribution in [0.5, 0.6) is 0 Å². The molecule has 1 aliphatic rings. The molecule has 0 bridgehead atoms. The molecule has 156 valence electrons. The zero-order valence-corrected chi connectivity index (χ0v) is 16.5. The largest absolute Gasteiger partial charge is 0.478 e. The van der Waals surface area contributed by atoms with Crippen LogP contribution in [-0.2, 0) is 11.3 Å². The van der Waals surface area contributed by atoms with Crippen molar-refractivity contribution in [2.24, 2.45) is 0 Å². The van der Waals surface area contributed by atoms with Crippen molar-refractivity contribution in [1.82, 2.24) is 19.9 Å². The monoisotopic (exact) mass is 409 g/mol. The van der Waals surface area contributed by atoms with Gasteiger partial charge in [0.15, 0.2) is 0 Å². The van der Waals surface area contributed by atoms with E-state index in [0.29, 0.717) is 23.4 Å². The Labute approximate surface area is 173 Å².